The Hall–Kier alpha value is -3.00. The second-order valence-electron chi connectivity index (χ2n) is 7.12. The molecule has 0 bridgehead atoms. The minimum absolute atomic E-state index is 0.0183. The van der Waals surface area contributed by atoms with Crippen LogP contribution in [0.3, 0.4) is 0 Å². The smallest absolute Gasteiger partial charge is 0.228 e. The van der Waals surface area contributed by atoms with Crippen LogP contribution < -0.4 is 34.4 Å². The lowest BCUT2D eigenvalue weighted by molar-refractivity contribution is -0.831. The summed E-state index contributed by atoms with van der Waals surface area (Å²) in [7, 11) is 3.67. The molecule has 0 radical (unpaired) electrons. The van der Waals surface area contributed by atoms with Gasteiger partial charge in [0.1, 0.15) is 46.6 Å². The van der Waals surface area contributed by atoms with Crippen LogP contribution in [-0.4, -0.2) is 35.1 Å². The predicted octanol–water partition coefficient (Wildman–Crippen LogP) is -1.86. The largest absolute Gasteiger partial charge is 0.622 e. The van der Waals surface area contributed by atoms with Gasteiger partial charge in [-0.3, -0.25) is 13.9 Å². The van der Waals surface area contributed by atoms with E-state index in [1.54, 1.807) is 0 Å². The fraction of sp³-hybridized carbons (Fsp3) is 0.200. The summed E-state index contributed by atoms with van der Waals surface area (Å²) in [6, 6.07) is 0. The van der Waals surface area contributed by atoms with Crippen LogP contribution in [0.5, 0.6) is 0 Å². The van der Waals surface area contributed by atoms with Gasteiger partial charge < -0.3 is 50.0 Å². The van der Waals surface area contributed by atoms with Gasteiger partial charge in [-0.1, -0.05) is 0 Å². The molecule has 0 aromatic heterocycles. The highest BCUT2D eigenvalue weighted by Gasteiger charge is 2.52. The third kappa shape index (κ3) is 2.26. The van der Waals surface area contributed by atoms with Crippen molar-refractivity contribution in [1.29, 1.82) is 0 Å². The highest BCUT2D eigenvalue weighted by Crippen LogP contribution is 2.48. The molecular formula is C15H23N9O3. The topological polar surface area (TPSA) is 225 Å². The standard InChI is InChI=1S/C15H23N9O3/c1-22(25)4-6(16)8(18)12(22)14-10(20)11(21)15(24(14,3)27)13-9(19)7(17)5-23(13,2)26/h4-5H,16-21H2,1-3H3. The van der Waals surface area contributed by atoms with Crippen molar-refractivity contribution in [2.24, 2.45) is 34.4 Å². The average molecular weight is 377 g/mol. The van der Waals surface area contributed by atoms with Crippen molar-refractivity contribution in [3.63, 3.8) is 0 Å². The molecule has 0 aromatic carbocycles. The number of likely N-dealkylation sites (N-methyl/N-ethyl adjacent to an activating group) is 3. The van der Waals surface area contributed by atoms with Crippen molar-refractivity contribution in [3.05, 3.63) is 85.0 Å². The number of quaternary nitrogens is 3. The molecule has 0 saturated carbocycles. The molecule has 2 atom stereocenters. The first kappa shape index (κ1) is 18.8. The van der Waals surface area contributed by atoms with Gasteiger partial charge in [-0.2, -0.15) is 0 Å². The van der Waals surface area contributed by atoms with Gasteiger partial charge in [-0.05, 0) is 0 Å². The van der Waals surface area contributed by atoms with Crippen molar-refractivity contribution in [3.8, 4) is 0 Å². The summed E-state index contributed by atoms with van der Waals surface area (Å²) in [6.07, 6.45) is 2.27. The maximum atomic E-state index is 13.7. The van der Waals surface area contributed by atoms with Crippen molar-refractivity contribution in [1.82, 2.24) is 0 Å². The average Bonchev–Trinajstić information content (AvgIpc) is 2.90. The number of hydroxylamine groups is 9. The Labute approximate surface area is 155 Å². The summed E-state index contributed by atoms with van der Waals surface area (Å²) >= 11 is 0. The second-order valence-corrected chi connectivity index (χ2v) is 7.12. The zero-order valence-corrected chi connectivity index (χ0v) is 15.2. The van der Waals surface area contributed by atoms with E-state index in [1.807, 2.05) is 0 Å². The summed E-state index contributed by atoms with van der Waals surface area (Å²) in [5.74, 6) is 0. The van der Waals surface area contributed by atoms with Crippen molar-refractivity contribution in [2.45, 2.75) is 0 Å². The predicted molar refractivity (Wildman–Crippen MR) is 98.0 cm³/mol. The normalized spacial score (nSPS) is 37.0. The Kier molecular flexibility index (Phi) is 3.51. The van der Waals surface area contributed by atoms with Gasteiger partial charge in [0.05, 0.1) is 21.1 Å². The molecule has 27 heavy (non-hydrogen) atoms. The van der Waals surface area contributed by atoms with Crippen LogP contribution in [0.15, 0.2) is 69.4 Å². The van der Waals surface area contributed by atoms with E-state index in [2.05, 4.69) is 0 Å². The van der Waals surface area contributed by atoms with Gasteiger partial charge in [0.2, 0.25) is 22.8 Å². The van der Waals surface area contributed by atoms with Gasteiger partial charge in [-0.15, -0.1) is 0 Å². The Morgan fingerprint density at radius 2 is 0.852 bits per heavy atom. The number of nitrogens with two attached hydrogens (primary N) is 6. The van der Waals surface area contributed by atoms with Crippen LogP contribution in [0.4, 0.5) is 0 Å². The third-order valence-corrected chi connectivity index (χ3v) is 4.89. The molecule has 3 aliphatic rings. The highest BCUT2D eigenvalue weighted by atomic mass is 16.6. The van der Waals surface area contributed by atoms with E-state index >= 15 is 0 Å². The Bertz CT molecular complexity index is 885. The molecule has 0 aromatic rings. The molecule has 3 rings (SSSR count). The first-order valence-corrected chi connectivity index (χ1v) is 7.86. The zero-order valence-electron chi connectivity index (χ0n) is 15.2. The molecule has 0 aliphatic carbocycles. The second kappa shape index (κ2) is 5.04. The first-order chi connectivity index (χ1) is 12.1. The molecular weight excluding hydrogens is 354 g/mol. The van der Waals surface area contributed by atoms with Crippen molar-refractivity contribution in [2.75, 3.05) is 21.1 Å². The van der Waals surface area contributed by atoms with Crippen molar-refractivity contribution < 1.29 is 13.9 Å². The van der Waals surface area contributed by atoms with E-state index in [9.17, 15) is 15.6 Å². The molecule has 2 unspecified atom stereocenters. The molecule has 3 aliphatic heterocycles. The van der Waals surface area contributed by atoms with E-state index < -0.39 is 13.9 Å². The number of hydrogen-bond donors (Lipinski definition) is 6. The van der Waals surface area contributed by atoms with Crippen LogP contribution in [0, 0.1) is 15.6 Å². The highest BCUT2D eigenvalue weighted by molar-refractivity contribution is 5.54. The number of hydrogen-bond acceptors (Lipinski definition) is 9. The van der Waals surface area contributed by atoms with E-state index in [0.717, 1.165) is 12.4 Å². The van der Waals surface area contributed by atoms with E-state index in [-0.39, 0.29) is 57.0 Å². The van der Waals surface area contributed by atoms with Gasteiger partial charge in [-0.25, -0.2) is 0 Å². The van der Waals surface area contributed by atoms with E-state index in [4.69, 9.17) is 34.4 Å². The molecule has 0 spiro atoms. The Morgan fingerprint density at radius 1 is 0.556 bits per heavy atom. The first-order valence-electron chi connectivity index (χ1n) is 7.86. The zero-order chi connectivity index (χ0) is 20.7. The molecule has 0 saturated heterocycles. The molecule has 12 heteroatoms. The summed E-state index contributed by atoms with van der Waals surface area (Å²) in [5, 5.41) is 39.4. The molecule has 146 valence electrons. The van der Waals surface area contributed by atoms with Gasteiger partial charge in [0.15, 0.2) is 0 Å². The lowest BCUT2D eigenvalue weighted by atomic mass is 10.2. The third-order valence-electron chi connectivity index (χ3n) is 4.89. The van der Waals surface area contributed by atoms with E-state index in [1.165, 1.54) is 21.1 Å². The summed E-state index contributed by atoms with van der Waals surface area (Å²) in [6.45, 7) is 0. The Morgan fingerprint density at radius 3 is 1.07 bits per heavy atom. The van der Waals surface area contributed by atoms with Crippen LogP contribution in [0.25, 0.3) is 0 Å². The van der Waals surface area contributed by atoms with Gasteiger partial charge in [0, 0.05) is 0 Å². The van der Waals surface area contributed by atoms with E-state index in [0.29, 0.717) is 0 Å². The molecule has 12 nitrogen and oxygen atoms in total. The molecule has 12 N–H and O–H groups in total. The molecule has 0 amide bonds. The number of rotatable bonds is 2. The maximum Gasteiger partial charge on any atom is 0.228 e. The SMILES string of the molecule is C[N+]1([O-])C=C(N)C(N)=C1C1=C(N)C(N)=C(C2=C(N)C(N)=C[N+]2(C)[O-])[N+]1(C)[O-]. The fourth-order valence-corrected chi connectivity index (χ4v) is 3.71. The molecule has 0 fully saturated rings. The summed E-state index contributed by atoms with van der Waals surface area (Å²) in [5.41, 5.74) is 34.5. The monoisotopic (exact) mass is 377 g/mol. The lowest BCUT2D eigenvalue weighted by Gasteiger charge is -2.44. The fourth-order valence-electron chi connectivity index (χ4n) is 3.71. The summed E-state index contributed by atoms with van der Waals surface area (Å²) < 4.78 is -3.66. The van der Waals surface area contributed by atoms with Gasteiger partial charge in [0.25, 0.3) is 0 Å². The minimum atomic E-state index is -1.36. The molecule has 3 heterocycles. The number of nitrogens with zero attached hydrogens (tertiary/aromatic N) is 3. The minimum Gasteiger partial charge on any atom is -0.622 e. The van der Waals surface area contributed by atoms with Crippen LogP contribution in [-0.2, 0) is 0 Å². The Balaban J connectivity index is 2.24. The van der Waals surface area contributed by atoms with Crippen LogP contribution in [0.2, 0.25) is 0 Å². The van der Waals surface area contributed by atoms with Crippen LogP contribution >= 0.6 is 0 Å². The quantitative estimate of drug-likeness (QED) is 0.234. The maximum absolute atomic E-state index is 13.7. The summed E-state index contributed by atoms with van der Waals surface area (Å²) in [4.78, 5) is 0. The lowest BCUT2D eigenvalue weighted by Crippen LogP contribution is -2.45. The van der Waals surface area contributed by atoms with Crippen molar-refractivity contribution >= 4 is 0 Å². The van der Waals surface area contributed by atoms with Gasteiger partial charge >= 0.3 is 0 Å². The van der Waals surface area contributed by atoms with Crippen LogP contribution in [0.1, 0.15) is 0 Å².